The molecule has 10 nitrogen and oxygen atoms in total. The van der Waals surface area contributed by atoms with Gasteiger partial charge in [-0.2, -0.15) is 5.10 Å². The molecule has 6 rings (SSSR count). The predicted octanol–water partition coefficient (Wildman–Crippen LogP) is 5.76. The second-order valence-electron chi connectivity index (χ2n) is 10.4. The molecule has 0 saturated carbocycles. The van der Waals surface area contributed by atoms with Crippen molar-refractivity contribution in [3.8, 4) is 39.7 Å². The molecule has 1 amide bonds. The van der Waals surface area contributed by atoms with E-state index in [-0.39, 0.29) is 5.91 Å². The van der Waals surface area contributed by atoms with Crippen LogP contribution in [0.2, 0.25) is 0 Å². The van der Waals surface area contributed by atoms with Crippen LogP contribution in [0, 0.1) is 11.2 Å². The summed E-state index contributed by atoms with van der Waals surface area (Å²) in [5.74, 6) is 0.346. The van der Waals surface area contributed by atoms with E-state index in [4.69, 9.17) is 14.7 Å². The lowest BCUT2D eigenvalue weighted by Gasteiger charge is -2.17. The van der Waals surface area contributed by atoms with Crippen molar-refractivity contribution >= 4 is 33.7 Å². The van der Waals surface area contributed by atoms with Crippen LogP contribution in [-0.2, 0) is 4.79 Å². The van der Waals surface area contributed by atoms with Crippen molar-refractivity contribution in [1.82, 2.24) is 35.1 Å². The maximum Gasteiger partial charge on any atom is 0.229 e. The number of fused-ring (bicyclic) bond motifs is 2. The van der Waals surface area contributed by atoms with Crippen LogP contribution < -0.4 is 10.1 Å². The molecule has 0 bridgehead atoms. The Kier molecular flexibility index (Phi) is 5.98. The Morgan fingerprint density at radius 2 is 1.75 bits per heavy atom. The quantitative estimate of drug-likeness (QED) is 0.255. The van der Waals surface area contributed by atoms with Gasteiger partial charge in [0.1, 0.15) is 17.1 Å². The largest absolute Gasteiger partial charge is 0.497 e. The predicted molar refractivity (Wildman–Crippen MR) is 150 cm³/mol. The first-order chi connectivity index (χ1) is 19.2. The van der Waals surface area contributed by atoms with Crippen molar-refractivity contribution in [2.24, 2.45) is 5.41 Å². The minimum absolute atomic E-state index is 0.109. The average Bonchev–Trinajstić information content (AvgIpc) is 3.56. The van der Waals surface area contributed by atoms with E-state index in [0.29, 0.717) is 56.3 Å². The van der Waals surface area contributed by atoms with Crippen LogP contribution in [0.25, 0.3) is 56.0 Å². The van der Waals surface area contributed by atoms with Gasteiger partial charge in [-0.05, 0) is 35.9 Å². The fraction of sp³-hybridized carbons (Fsp3) is 0.172. The summed E-state index contributed by atoms with van der Waals surface area (Å²) in [4.78, 5) is 34.0. The lowest BCUT2D eigenvalue weighted by Crippen LogP contribution is -2.27. The number of imidazole rings is 1. The highest BCUT2D eigenvalue weighted by molar-refractivity contribution is 5.97. The van der Waals surface area contributed by atoms with Crippen molar-refractivity contribution < 1.29 is 13.9 Å². The number of nitrogens with zero attached hydrogens (tertiary/aromatic N) is 5. The molecule has 0 radical (unpaired) electrons. The number of halogens is 1. The number of aromatic amines is 2. The molecule has 0 saturated heterocycles. The number of rotatable bonds is 5. The molecule has 0 atom stereocenters. The van der Waals surface area contributed by atoms with Crippen LogP contribution in [-0.4, -0.2) is 48.1 Å². The van der Waals surface area contributed by atoms with Gasteiger partial charge in [-0.3, -0.25) is 19.9 Å². The highest BCUT2D eigenvalue weighted by Crippen LogP contribution is 2.33. The zero-order valence-electron chi connectivity index (χ0n) is 22.2. The topological polar surface area (TPSA) is 134 Å². The van der Waals surface area contributed by atoms with Crippen molar-refractivity contribution in [2.45, 2.75) is 20.8 Å². The van der Waals surface area contributed by atoms with E-state index in [0.717, 1.165) is 11.1 Å². The molecule has 0 aliphatic heterocycles. The summed E-state index contributed by atoms with van der Waals surface area (Å²) in [7, 11) is 1.49. The van der Waals surface area contributed by atoms with Gasteiger partial charge < -0.3 is 15.0 Å². The Morgan fingerprint density at radius 1 is 0.925 bits per heavy atom. The number of hydrogen-bond donors (Lipinski definition) is 3. The van der Waals surface area contributed by atoms with Crippen LogP contribution in [0.5, 0.6) is 5.75 Å². The van der Waals surface area contributed by atoms with Crippen molar-refractivity contribution in [3.63, 3.8) is 0 Å². The van der Waals surface area contributed by atoms with Crippen molar-refractivity contribution in [1.29, 1.82) is 0 Å². The third kappa shape index (κ3) is 4.62. The van der Waals surface area contributed by atoms with Crippen LogP contribution in [0.4, 0.5) is 10.1 Å². The summed E-state index contributed by atoms with van der Waals surface area (Å²) in [5.41, 5.74) is 5.77. The zero-order chi connectivity index (χ0) is 28.0. The molecule has 0 spiro atoms. The van der Waals surface area contributed by atoms with Gasteiger partial charge >= 0.3 is 0 Å². The van der Waals surface area contributed by atoms with E-state index in [1.54, 1.807) is 30.9 Å². The van der Waals surface area contributed by atoms with E-state index in [1.807, 2.05) is 39.0 Å². The van der Waals surface area contributed by atoms with E-state index in [9.17, 15) is 9.18 Å². The number of anilines is 1. The molecule has 1 aromatic carbocycles. The third-order valence-corrected chi connectivity index (χ3v) is 6.42. The lowest BCUT2D eigenvalue weighted by atomic mass is 9.95. The molecule has 0 aliphatic rings. The summed E-state index contributed by atoms with van der Waals surface area (Å²) in [6, 6.07) is 10.0. The monoisotopic (exact) mass is 536 g/mol. The highest BCUT2D eigenvalue weighted by Gasteiger charge is 2.22. The Bertz CT molecular complexity index is 1900. The first-order valence-electron chi connectivity index (χ1n) is 12.5. The van der Waals surface area contributed by atoms with Crippen molar-refractivity contribution in [2.75, 3.05) is 12.4 Å². The summed E-state index contributed by atoms with van der Waals surface area (Å²) in [6.07, 6.45) is 6.58. The SMILES string of the molecule is COc1cc(F)cc(-c2cncc3[nH]c(-c4n[nH]c5ccc(-c6cncc(NC(=O)C(C)(C)C)c6)nc45)nc23)c1. The van der Waals surface area contributed by atoms with E-state index in [2.05, 4.69) is 30.5 Å². The number of hydrogen-bond acceptors (Lipinski definition) is 7. The Labute approximate surface area is 228 Å². The third-order valence-electron chi connectivity index (χ3n) is 6.42. The number of carbonyl (C=O) groups excluding carboxylic acids is 1. The van der Waals surface area contributed by atoms with Crippen LogP contribution in [0.1, 0.15) is 20.8 Å². The number of H-pyrrole nitrogens is 2. The first-order valence-corrected chi connectivity index (χ1v) is 12.5. The Morgan fingerprint density at radius 3 is 2.55 bits per heavy atom. The Balaban J connectivity index is 1.40. The molecule has 0 aliphatic carbocycles. The fourth-order valence-electron chi connectivity index (χ4n) is 4.28. The molecule has 200 valence electrons. The lowest BCUT2D eigenvalue weighted by molar-refractivity contribution is -0.123. The second-order valence-corrected chi connectivity index (χ2v) is 10.4. The maximum atomic E-state index is 14.2. The minimum atomic E-state index is -0.540. The van der Waals surface area contributed by atoms with Crippen LogP contribution in [0.15, 0.2) is 61.2 Å². The van der Waals surface area contributed by atoms with Gasteiger partial charge in [0.2, 0.25) is 5.91 Å². The number of pyridine rings is 3. The molecular formula is C29H25FN8O2. The van der Waals surface area contributed by atoms with E-state index in [1.165, 1.54) is 19.2 Å². The number of nitrogens with one attached hydrogen (secondary N) is 3. The molecule has 5 aromatic heterocycles. The second kappa shape index (κ2) is 9.53. The molecular weight excluding hydrogens is 511 g/mol. The van der Waals surface area contributed by atoms with Gasteiger partial charge in [-0.15, -0.1) is 0 Å². The number of methoxy groups -OCH3 is 1. The summed E-state index contributed by atoms with van der Waals surface area (Å²) in [5, 5.41) is 10.4. The summed E-state index contributed by atoms with van der Waals surface area (Å²) in [6.45, 7) is 5.55. The van der Waals surface area contributed by atoms with Crippen LogP contribution in [0.3, 0.4) is 0 Å². The zero-order valence-corrected chi connectivity index (χ0v) is 22.2. The molecule has 5 heterocycles. The average molecular weight is 537 g/mol. The number of amides is 1. The number of ether oxygens (including phenoxy) is 1. The standard InChI is InChI=1S/C29H25FN8O2/c1-29(2,3)28(39)33-18-8-16(11-31-12-18)21-5-6-22-25(34-21)26(38-37-22)27-35-23-14-32-13-20(24(23)36-27)15-7-17(30)10-19(9-15)40-4/h5-14H,1-4H3,(H,33,39)(H,35,36)(H,37,38). The fourth-order valence-corrected chi connectivity index (χ4v) is 4.28. The maximum absolute atomic E-state index is 14.2. The normalized spacial score (nSPS) is 11.7. The van der Waals surface area contributed by atoms with Gasteiger partial charge in [0, 0.05) is 35.0 Å². The van der Waals surface area contributed by atoms with Gasteiger partial charge in [0.05, 0.1) is 47.4 Å². The smallest absolute Gasteiger partial charge is 0.229 e. The number of carbonyl (C=O) groups is 1. The first kappa shape index (κ1) is 25.1. The van der Waals surface area contributed by atoms with E-state index >= 15 is 0 Å². The minimum Gasteiger partial charge on any atom is -0.497 e. The van der Waals surface area contributed by atoms with Gasteiger partial charge in [-0.1, -0.05) is 20.8 Å². The summed E-state index contributed by atoms with van der Waals surface area (Å²) >= 11 is 0. The molecule has 40 heavy (non-hydrogen) atoms. The molecule has 3 N–H and O–H groups in total. The van der Waals surface area contributed by atoms with Gasteiger partial charge in [0.15, 0.2) is 11.5 Å². The van der Waals surface area contributed by atoms with E-state index < -0.39 is 11.2 Å². The van der Waals surface area contributed by atoms with Crippen molar-refractivity contribution in [3.05, 3.63) is 67.0 Å². The van der Waals surface area contributed by atoms with Gasteiger partial charge in [-0.25, -0.2) is 14.4 Å². The molecule has 0 unspecified atom stereocenters. The summed E-state index contributed by atoms with van der Waals surface area (Å²) < 4.78 is 19.5. The molecule has 11 heteroatoms. The molecule has 0 fully saturated rings. The number of aromatic nitrogens is 7. The number of benzene rings is 1. The highest BCUT2D eigenvalue weighted by atomic mass is 19.1. The van der Waals surface area contributed by atoms with Crippen LogP contribution >= 0.6 is 0 Å². The Hall–Kier alpha value is -5.19. The van der Waals surface area contributed by atoms with Gasteiger partial charge in [0.25, 0.3) is 0 Å². The molecule has 6 aromatic rings.